The van der Waals surface area contributed by atoms with Crippen LogP contribution >= 0.6 is 0 Å². The fourth-order valence-electron chi connectivity index (χ4n) is 2.66. The Kier molecular flexibility index (Phi) is 6.40. The quantitative estimate of drug-likeness (QED) is 0.568. The molecule has 0 radical (unpaired) electrons. The number of ether oxygens (including phenoxy) is 1. The lowest BCUT2D eigenvalue weighted by Gasteiger charge is -2.29. The molecule has 21 heavy (non-hydrogen) atoms. The zero-order chi connectivity index (χ0) is 15.1. The Hall–Kier alpha value is -1.19. The van der Waals surface area contributed by atoms with E-state index in [0.717, 1.165) is 30.2 Å². The van der Waals surface area contributed by atoms with Crippen molar-refractivity contribution in [3.05, 3.63) is 35.4 Å². The number of hydrogen-bond donors (Lipinski definition) is 0. The van der Waals surface area contributed by atoms with E-state index in [1.165, 1.54) is 25.9 Å². The minimum absolute atomic E-state index is 0.196. The van der Waals surface area contributed by atoms with E-state index >= 15 is 0 Å². The van der Waals surface area contributed by atoms with Crippen LogP contribution in [0.15, 0.2) is 24.3 Å². The summed E-state index contributed by atoms with van der Waals surface area (Å²) in [4.78, 5) is 14.0. The lowest BCUT2D eigenvalue weighted by molar-refractivity contribution is 0.0806. The third kappa shape index (κ3) is 5.25. The number of likely N-dealkylation sites (tertiary alicyclic amines) is 1. The number of ketones is 1. The molecule has 0 atom stereocenters. The van der Waals surface area contributed by atoms with Crippen LogP contribution in [-0.4, -0.2) is 36.9 Å². The van der Waals surface area contributed by atoms with E-state index in [-0.39, 0.29) is 5.78 Å². The Morgan fingerprint density at radius 2 is 1.90 bits per heavy atom. The molecule has 0 unspecified atom stereocenters. The molecular formula is C18H27NO2. The van der Waals surface area contributed by atoms with Crippen LogP contribution in [0.2, 0.25) is 0 Å². The van der Waals surface area contributed by atoms with E-state index in [1.807, 2.05) is 31.2 Å². The molecule has 1 saturated heterocycles. The fourth-order valence-corrected chi connectivity index (χ4v) is 2.66. The summed E-state index contributed by atoms with van der Waals surface area (Å²) in [5.74, 6) is 1.08. The highest BCUT2D eigenvalue weighted by Gasteiger charge is 2.14. The van der Waals surface area contributed by atoms with Crippen molar-refractivity contribution in [2.24, 2.45) is 5.92 Å². The van der Waals surface area contributed by atoms with Crippen LogP contribution in [0.25, 0.3) is 0 Å². The van der Waals surface area contributed by atoms with Gasteiger partial charge in [-0.2, -0.15) is 0 Å². The Morgan fingerprint density at radius 3 is 2.52 bits per heavy atom. The lowest BCUT2D eigenvalue weighted by atomic mass is 9.99. The summed E-state index contributed by atoms with van der Waals surface area (Å²) in [5, 5.41) is 0. The largest absolute Gasteiger partial charge is 0.375 e. The van der Waals surface area contributed by atoms with Crippen molar-refractivity contribution < 1.29 is 9.53 Å². The normalized spacial score (nSPS) is 17.0. The Bertz CT molecular complexity index is 433. The predicted octanol–water partition coefficient (Wildman–Crippen LogP) is 3.53. The average molecular weight is 289 g/mol. The van der Waals surface area contributed by atoms with Crippen LogP contribution in [0, 0.1) is 5.92 Å². The number of benzene rings is 1. The highest BCUT2D eigenvalue weighted by Crippen LogP contribution is 2.15. The summed E-state index contributed by atoms with van der Waals surface area (Å²) in [6, 6.07) is 7.78. The van der Waals surface area contributed by atoms with Crippen LogP contribution in [0.5, 0.6) is 0 Å². The van der Waals surface area contributed by atoms with E-state index in [2.05, 4.69) is 11.8 Å². The van der Waals surface area contributed by atoms with Crippen molar-refractivity contribution in [3.63, 3.8) is 0 Å². The summed E-state index contributed by atoms with van der Waals surface area (Å²) < 4.78 is 5.75. The van der Waals surface area contributed by atoms with E-state index in [0.29, 0.717) is 13.0 Å². The highest BCUT2D eigenvalue weighted by atomic mass is 16.5. The van der Waals surface area contributed by atoms with Gasteiger partial charge < -0.3 is 9.64 Å². The van der Waals surface area contributed by atoms with Gasteiger partial charge in [0.05, 0.1) is 13.2 Å². The van der Waals surface area contributed by atoms with Crippen molar-refractivity contribution in [1.82, 2.24) is 4.90 Å². The number of Topliss-reactive ketones (excluding diaryl/α,β-unsaturated/α-hetero) is 1. The predicted molar refractivity (Wildman–Crippen MR) is 85.6 cm³/mol. The van der Waals surface area contributed by atoms with Gasteiger partial charge in [-0.05, 0) is 37.4 Å². The van der Waals surface area contributed by atoms with Gasteiger partial charge in [-0.25, -0.2) is 0 Å². The van der Waals surface area contributed by atoms with Crippen LogP contribution in [0.1, 0.15) is 49.0 Å². The third-order valence-electron chi connectivity index (χ3n) is 4.29. The zero-order valence-corrected chi connectivity index (χ0v) is 13.3. The van der Waals surface area contributed by atoms with Gasteiger partial charge in [-0.1, -0.05) is 38.1 Å². The molecule has 1 fully saturated rings. The highest BCUT2D eigenvalue weighted by molar-refractivity contribution is 5.95. The van der Waals surface area contributed by atoms with Gasteiger partial charge in [-0.15, -0.1) is 0 Å². The van der Waals surface area contributed by atoms with Crippen molar-refractivity contribution >= 4 is 5.78 Å². The SMILES string of the molecule is CCC(=O)c1ccc(COCCN2CCC(C)CC2)cc1. The van der Waals surface area contributed by atoms with Crippen molar-refractivity contribution in [1.29, 1.82) is 0 Å². The molecule has 0 amide bonds. The molecule has 3 heteroatoms. The molecule has 0 bridgehead atoms. The molecule has 0 N–H and O–H groups in total. The second kappa shape index (κ2) is 8.30. The minimum Gasteiger partial charge on any atom is -0.375 e. The summed E-state index contributed by atoms with van der Waals surface area (Å²) in [5.41, 5.74) is 1.93. The molecule has 3 nitrogen and oxygen atoms in total. The van der Waals surface area contributed by atoms with Gasteiger partial charge in [0.1, 0.15) is 0 Å². The van der Waals surface area contributed by atoms with Crippen molar-refractivity contribution in [2.45, 2.75) is 39.7 Å². The molecule has 0 aliphatic carbocycles. The molecule has 1 aliphatic heterocycles. The lowest BCUT2D eigenvalue weighted by Crippen LogP contribution is -2.35. The van der Waals surface area contributed by atoms with Gasteiger partial charge in [0.15, 0.2) is 5.78 Å². The molecule has 0 saturated carbocycles. The molecule has 1 aliphatic rings. The molecule has 1 heterocycles. The van der Waals surface area contributed by atoms with Crippen LogP contribution in [-0.2, 0) is 11.3 Å². The fraction of sp³-hybridized carbons (Fsp3) is 0.611. The van der Waals surface area contributed by atoms with Crippen LogP contribution < -0.4 is 0 Å². The number of piperidine rings is 1. The molecule has 0 spiro atoms. The monoisotopic (exact) mass is 289 g/mol. The summed E-state index contributed by atoms with van der Waals surface area (Å²) in [6.07, 6.45) is 3.18. The van der Waals surface area contributed by atoms with Gasteiger partial charge in [0.2, 0.25) is 0 Å². The first-order valence-corrected chi connectivity index (χ1v) is 8.11. The summed E-state index contributed by atoms with van der Waals surface area (Å²) in [7, 11) is 0. The van der Waals surface area contributed by atoms with E-state index < -0.39 is 0 Å². The number of carbonyl (C=O) groups excluding carboxylic acids is 1. The second-order valence-corrected chi connectivity index (χ2v) is 6.05. The summed E-state index contributed by atoms with van der Waals surface area (Å²) >= 11 is 0. The zero-order valence-electron chi connectivity index (χ0n) is 13.3. The van der Waals surface area contributed by atoms with Gasteiger partial charge in [0, 0.05) is 18.5 Å². The number of carbonyl (C=O) groups is 1. The Labute approximate surface area is 128 Å². The maximum absolute atomic E-state index is 11.5. The molecule has 1 aromatic rings. The topological polar surface area (TPSA) is 29.5 Å². The first-order chi connectivity index (χ1) is 10.2. The summed E-state index contributed by atoms with van der Waals surface area (Å²) in [6.45, 7) is 9.08. The smallest absolute Gasteiger partial charge is 0.162 e. The van der Waals surface area contributed by atoms with Crippen LogP contribution in [0.4, 0.5) is 0 Å². The van der Waals surface area contributed by atoms with Gasteiger partial charge >= 0.3 is 0 Å². The van der Waals surface area contributed by atoms with Gasteiger partial charge in [0.25, 0.3) is 0 Å². The van der Waals surface area contributed by atoms with Crippen LogP contribution in [0.3, 0.4) is 0 Å². The molecular weight excluding hydrogens is 262 g/mol. The minimum atomic E-state index is 0.196. The maximum Gasteiger partial charge on any atom is 0.162 e. The number of nitrogens with zero attached hydrogens (tertiary/aromatic N) is 1. The first kappa shape index (κ1) is 16.2. The van der Waals surface area contributed by atoms with Crippen molar-refractivity contribution in [3.8, 4) is 0 Å². The maximum atomic E-state index is 11.5. The van der Waals surface area contributed by atoms with E-state index in [4.69, 9.17) is 4.74 Å². The Morgan fingerprint density at radius 1 is 1.24 bits per heavy atom. The molecule has 116 valence electrons. The standard InChI is InChI=1S/C18H27NO2/c1-3-18(20)17-6-4-16(5-7-17)14-21-13-12-19-10-8-15(2)9-11-19/h4-7,15H,3,8-14H2,1-2H3. The molecule has 1 aromatic carbocycles. The Balaban J connectivity index is 1.65. The van der Waals surface area contributed by atoms with E-state index in [9.17, 15) is 4.79 Å². The molecule has 0 aromatic heterocycles. The first-order valence-electron chi connectivity index (χ1n) is 8.11. The third-order valence-corrected chi connectivity index (χ3v) is 4.29. The second-order valence-electron chi connectivity index (χ2n) is 6.05. The van der Waals surface area contributed by atoms with E-state index in [1.54, 1.807) is 0 Å². The average Bonchev–Trinajstić information content (AvgIpc) is 2.53. The van der Waals surface area contributed by atoms with Crippen molar-refractivity contribution in [2.75, 3.05) is 26.2 Å². The number of rotatable bonds is 7. The van der Waals surface area contributed by atoms with Gasteiger partial charge in [-0.3, -0.25) is 4.79 Å². The number of hydrogen-bond acceptors (Lipinski definition) is 3. The molecule has 2 rings (SSSR count).